The summed E-state index contributed by atoms with van der Waals surface area (Å²) in [6.45, 7) is 1.10. The van der Waals surface area contributed by atoms with Crippen LogP contribution in [0.4, 0.5) is 15.8 Å². The van der Waals surface area contributed by atoms with Crippen molar-refractivity contribution >= 4 is 52.4 Å². The minimum Gasteiger partial charge on any atom is -0.368 e. The van der Waals surface area contributed by atoms with Crippen molar-refractivity contribution in [3.05, 3.63) is 119 Å². The van der Waals surface area contributed by atoms with Crippen molar-refractivity contribution in [2.45, 2.75) is 19.0 Å². The van der Waals surface area contributed by atoms with E-state index in [1.807, 2.05) is 24.3 Å². The molecule has 2 atom stereocenters. The molecule has 0 fully saturated rings. The lowest BCUT2D eigenvalue weighted by atomic mass is 9.83. The summed E-state index contributed by atoms with van der Waals surface area (Å²) < 4.78 is 15.5. The van der Waals surface area contributed by atoms with Crippen LogP contribution in [-0.2, 0) is 16.1 Å². The lowest BCUT2D eigenvalue weighted by molar-refractivity contribution is -0.133. The van der Waals surface area contributed by atoms with Crippen molar-refractivity contribution in [3.8, 4) is 17.8 Å². The molecule has 1 aromatic heterocycles. The quantitative estimate of drug-likeness (QED) is 0.255. The maximum atomic E-state index is 14.8. The molecule has 49 heavy (non-hydrogen) atoms. The molecular weight excluding hydrogens is 647 g/mol. The first-order valence-electron chi connectivity index (χ1n) is 15.0. The van der Waals surface area contributed by atoms with Crippen molar-refractivity contribution in [1.29, 1.82) is 10.5 Å². The second kappa shape index (κ2) is 13.6. The number of nitrogens with one attached hydrogen (secondary N) is 1. The van der Waals surface area contributed by atoms with E-state index in [1.165, 1.54) is 48.0 Å². The maximum absolute atomic E-state index is 14.8. The summed E-state index contributed by atoms with van der Waals surface area (Å²) in [6.07, 6.45) is 0. The fraction of sp³-hybridized carbons (Fsp3) is 0.167. The van der Waals surface area contributed by atoms with Gasteiger partial charge in [-0.1, -0.05) is 30.3 Å². The smallest absolute Gasteiger partial charge is 0.258 e. The van der Waals surface area contributed by atoms with Crippen LogP contribution in [0.15, 0.2) is 91.0 Å². The van der Waals surface area contributed by atoms with Gasteiger partial charge in [-0.25, -0.2) is 9.07 Å². The zero-order valence-electron chi connectivity index (χ0n) is 26.4. The van der Waals surface area contributed by atoms with Crippen LogP contribution in [0.3, 0.4) is 0 Å². The summed E-state index contributed by atoms with van der Waals surface area (Å²) in [7, 11) is 1.50. The number of anilines is 2. The number of nitrogens with two attached hydrogens (primary N) is 1. The fourth-order valence-corrected chi connectivity index (χ4v) is 6.04. The first kappa shape index (κ1) is 34.3. The Balaban J connectivity index is 0.00000468. The summed E-state index contributed by atoms with van der Waals surface area (Å²) in [5.74, 6) is -3.66. The highest BCUT2D eigenvalue weighted by molar-refractivity contribution is 6.13. The number of primary amides is 1. The summed E-state index contributed by atoms with van der Waals surface area (Å²) in [5.41, 5.74) is 7.28. The molecule has 0 saturated heterocycles. The highest BCUT2D eigenvalue weighted by Crippen LogP contribution is 2.40. The number of rotatable bonds is 7. The number of nitriles is 2. The predicted molar refractivity (Wildman–Crippen MR) is 184 cm³/mol. The normalized spacial score (nSPS) is 15.3. The zero-order chi connectivity index (χ0) is 34.2. The molecule has 0 aliphatic carbocycles. The third-order valence-corrected chi connectivity index (χ3v) is 8.90. The minimum absolute atomic E-state index is 0. The molecule has 1 aliphatic heterocycles. The van der Waals surface area contributed by atoms with Crippen molar-refractivity contribution in [2.24, 2.45) is 11.7 Å². The number of benzene rings is 4. The molecule has 246 valence electrons. The number of hydrogen-bond donors (Lipinski definition) is 2. The van der Waals surface area contributed by atoms with Crippen LogP contribution >= 0.6 is 12.4 Å². The van der Waals surface area contributed by atoms with Crippen molar-refractivity contribution < 1.29 is 18.8 Å². The number of hydrogen-bond acceptors (Lipinski definition) is 7. The van der Waals surface area contributed by atoms with Crippen LogP contribution in [-0.4, -0.2) is 46.6 Å². The van der Waals surface area contributed by atoms with Gasteiger partial charge in [-0.05, 0) is 74.6 Å². The first-order chi connectivity index (χ1) is 23.1. The number of carbonyl (C=O) groups excluding carboxylic acids is 3. The van der Waals surface area contributed by atoms with Crippen molar-refractivity contribution in [1.82, 2.24) is 15.1 Å². The number of nitrogens with zero attached hydrogens (tertiary/aromatic N) is 6. The van der Waals surface area contributed by atoms with Crippen LogP contribution < -0.4 is 20.9 Å². The van der Waals surface area contributed by atoms with Crippen LogP contribution in [0.5, 0.6) is 0 Å². The van der Waals surface area contributed by atoms with Crippen LogP contribution in [0.1, 0.15) is 34.1 Å². The fourth-order valence-electron chi connectivity index (χ4n) is 6.04. The molecule has 0 saturated carbocycles. The minimum atomic E-state index is -1.62. The number of para-hydroxylation sites is 2. The molecule has 5 aromatic rings. The molecule has 3 amide bonds. The Morgan fingerprint density at radius 3 is 2.35 bits per heavy atom. The van der Waals surface area contributed by atoms with Gasteiger partial charge in [0.25, 0.3) is 5.91 Å². The van der Waals surface area contributed by atoms with Gasteiger partial charge in [0.05, 0.1) is 57.9 Å². The molecule has 0 bridgehead atoms. The lowest BCUT2D eigenvalue weighted by Gasteiger charge is -2.36. The second-order valence-electron chi connectivity index (χ2n) is 11.5. The van der Waals surface area contributed by atoms with E-state index in [4.69, 9.17) is 10.8 Å². The number of fused-ring (bicyclic) bond motifs is 2. The van der Waals surface area contributed by atoms with Crippen LogP contribution in [0.2, 0.25) is 0 Å². The van der Waals surface area contributed by atoms with Gasteiger partial charge in [0.15, 0.2) is 0 Å². The molecule has 4 aromatic carbocycles. The highest BCUT2D eigenvalue weighted by Gasteiger charge is 2.49. The Labute approximate surface area is 287 Å². The maximum Gasteiger partial charge on any atom is 0.258 e. The molecule has 11 nitrogen and oxygen atoms in total. The third-order valence-electron chi connectivity index (χ3n) is 8.90. The van der Waals surface area contributed by atoms with Gasteiger partial charge in [-0.15, -0.1) is 12.4 Å². The molecule has 1 unspecified atom stereocenters. The first-order valence-corrected chi connectivity index (χ1v) is 15.0. The molecular formula is C36H30ClFN8O3. The van der Waals surface area contributed by atoms with E-state index in [0.717, 1.165) is 12.1 Å². The second-order valence-corrected chi connectivity index (χ2v) is 11.5. The largest absolute Gasteiger partial charge is 0.368 e. The number of halogens is 2. The Kier molecular flexibility index (Phi) is 9.49. The van der Waals surface area contributed by atoms with Gasteiger partial charge < -0.3 is 20.9 Å². The average Bonchev–Trinajstić information content (AvgIpc) is 3.42. The monoisotopic (exact) mass is 676 g/mol. The lowest BCUT2D eigenvalue weighted by Crippen LogP contribution is -2.63. The van der Waals surface area contributed by atoms with Crippen LogP contribution in [0, 0.1) is 34.4 Å². The zero-order valence-corrected chi connectivity index (χ0v) is 27.2. The van der Waals surface area contributed by atoms with E-state index < -0.39 is 35.0 Å². The van der Waals surface area contributed by atoms with Gasteiger partial charge in [-0.3, -0.25) is 14.4 Å². The Morgan fingerprint density at radius 1 is 0.980 bits per heavy atom. The van der Waals surface area contributed by atoms with Gasteiger partial charge in [0, 0.05) is 17.5 Å². The summed E-state index contributed by atoms with van der Waals surface area (Å²) in [5, 5.41) is 28.1. The molecule has 2 heterocycles. The molecule has 1 aliphatic rings. The van der Waals surface area contributed by atoms with E-state index in [-0.39, 0.29) is 48.0 Å². The standard InChI is InChI=1S/C36H29FN8O3.ClH/c1-36(41-2,35(40)48)27-20-43(33(46)23-12-14-25(37)15-13-23)32-17-22(18-38)11-16-31(32)44(34(27)47)21-28-26-8-4-6-10-30(26)45(42-28)29-9-5-3-7-24(29)19-39;/h3-17,27,41H,20-21H2,1-2H3,(H2,40,48);1H/t27-,36?;/m1./s1. The van der Waals surface area contributed by atoms with E-state index in [1.54, 1.807) is 35.0 Å². The molecule has 3 N–H and O–H groups in total. The van der Waals surface area contributed by atoms with Gasteiger partial charge >= 0.3 is 0 Å². The predicted octanol–water partition coefficient (Wildman–Crippen LogP) is 4.60. The van der Waals surface area contributed by atoms with Crippen LogP contribution in [0.25, 0.3) is 16.6 Å². The van der Waals surface area contributed by atoms with E-state index >= 15 is 0 Å². The summed E-state index contributed by atoms with van der Waals surface area (Å²) in [4.78, 5) is 44.7. The number of carbonyl (C=O) groups is 3. The Hall–Kier alpha value is -6.08. The van der Waals surface area contributed by atoms with E-state index in [9.17, 15) is 29.3 Å². The summed E-state index contributed by atoms with van der Waals surface area (Å²) in [6, 6.07) is 28.3. The molecule has 0 radical (unpaired) electrons. The highest BCUT2D eigenvalue weighted by atomic mass is 35.5. The number of aromatic nitrogens is 2. The average molecular weight is 677 g/mol. The van der Waals surface area contributed by atoms with Crippen molar-refractivity contribution in [2.75, 3.05) is 23.4 Å². The van der Waals surface area contributed by atoms with E-state index in [0.29, 0.717) is 27.8 Å². The number of amides is 3. The Morgan fingerprint density at radius 2 is 1.67 bits per heavy atom. The summed E-state index contributed by atoms with van der Waals surface area (Å²) >= 11 is 0. The van der Waals surface area contributed by atoms with E-state index in [2.05, 4.69) is 17.5 Å². The SMILES string of the molecule is CNC(C)(C(N)=O)[C@@H]1CN(C(=O)c2ccc(F)cc2)c2cc(C#N)ccc2N(Cc2nn(-c3ccccc3C#N)c3ccccc23)C1=O.Cl. The Bertz CT molecular complexity index is 2190. The topological polar surface area (TPSA) is 161 Å². The molecule has 13 heteroatoms. The van der Waals surface area contributed by atoms with Crippen molar-refractivity contribution in [3.63, 3.8) is 0 Å². The van der Waals surface area contributed by atoms with Gasteiger partial charge in [0.1, 0.15) is 17.4 Å². The molecule has 0 spiro atoms. The van der Waals surface area contributed by atoms with Gasteiger partial charge in [0.2, 0.25) is 11.8 Å². The number of likely N-dealkylation sites (N-methyl/N-ethyl adjacent to an activating group) is 1. The van der Waals surface area contributed by atoms with Gasteiger partial charge in [-0.2, -0.15) is 15.6 Å². The molecule has 6 rings (SSSR count). The third kappa shape index (κ3) is 5.95.